The molecular formula is C30H29Cl2Zr. The maximum absolute atomic E-state index is 2.48. The third-order valence-electron chi connectivity index (χ3n) is 6.62. The second-order valence-electron chi connectivity index (χ2n) is 8.68. The van der Waals surface area contributed by atoms with Crippen LogP contribution in [0.1, 0.15) is 42.5 Å². The summed E-state index contributed by atoms with van der Waals surface area (Å²) in [5, 5.41) is 0. The minimum atomic E-state index is -1.01. The van der Waals surface area contributed by atoms with Crippen LogP contribution in [0.2, 0.25) is 0 Å². The molecule has 0 bridgehead atoms. The quantitative estimate of drug-likeness (QED) is 0.301. The van der Waals surface area contributed by atoms with Gasteiger partial charge in [-0.25, -0.2) is 0 Å². The summed E-state index contributed by atoms with van der Waals surface area (Å²) >= 11 is -1.01. The van der Waals surface area contributed by atoms with Gasteiger partial charge in [0, 0.05) is 0 Å². The second-order valence-corrected chi connectivity index (χ2v) is 12.0. The Kier molecular flexibility index (Phi) is 8.68. The van der Waals surface area contributed by atoms with Crippen molar-refractivity contribution in [3.05, 3.63) is 134 Å². The third-order valence-corrected chi connectivity index (χ3v) is 10.6. The van der Waals surface area contributed by atoms with Crippen LogP contribution in [0.3, 0.4) is 0 Å². The average molecular weight is 552 g/mol. The molecule has 3 aromatic carbocycles. The molecule has 0 nitrogen and oxygen atoms in total. The molecule has 2 aliphatic rings. The molecule has 0 N–H and O–H groups in total. The Bertz CT molecular complexity index is 1180. The van der Waals surface area contributed by atoms with Gasteiger partial charge in [0.2, 0.25) is 0 Å². The SMILES string of the molecule is CC(C)C1(C2=[C]([Zr]=[C](c3ccccc3)c3ccccc3)CC=C2)C=Cc2ccccc21.Cl.Cl. The first-order valence-corrected chi connectivity index (χ1v) is 13.6. The van der Waals surface area contributed by atoms with E-state index in [1.54, 1.807) is 12.1 Å². The van der Waals surface area contributed by atoms with Gasteiger partial charge in [-0.15, -0.1) is 24.8 Å². The second kappa shape index (κ2) is 11.1. The van der Waals surface area contributed by atoms with Gasteiger partial charge in [0.25, 0.3) is 0 Å². The molecule has 0 aliphatic heterocycles. The topological polar surface area (TPSA) is 0 Å². The summed E-state index contributed by atoms with van der Waals surface area (Å²) in [7, 11) is 0. The summed E-state index contributed by atoms with van der Waals surface area (Å²) in [4.78, 5) is 0. The molecule has 0 radical (unpaired) electrons. The van der Waals surface area contributed by atoms with E-state index in [2.05, 4.69) is 123 Å². The minimum absolute atomic E-state index is 0. The summed E-state index contributed by atoms with van der Waals surface area (Å²) in [6.45, 7) is 4.76. The van der Waals surface area contributed by atoms with E-state index in [0.717, 1.165) is 6.42 Å². The Hall–Kier alpha value is -1.79. The van der Waals surface area contributed by atoms with E-state index < -0.39 is 22.8 Å². The largest absolute Gasteiger partial charge is 0.147 e. The van der Waals surface area contributed by atoms with Gasteiger partial charge in [0.05, 0.1) is 0 Å². The van der Waals surface area contributed by atoms with Gasteiger partial charge in [-0.2, -0.15) is 0 Å². The molecule has 0 amide bonds. The summed E-state index contributed by atoms with van der Waals surface area (Å²) in [5.41, 5.74) is 7.20. The van der Waals surface area contributed by atoms with Crippen molar-refractivity contribution in [1.82, 2.24) is 0 Å². The van der Waals surface area contributed by atoms with Gasteiger partial charge >= 0.3 is 198 Å². The van der Waals surface area contributed by atoms with Gasteiger partial charge in [-0.05, 0) is 0 Å². The zero-order valence-corrected chi connectivity index (χ0v) is 23.1. The smallest absolute Gasteiger partial charge is 0.147 e. The van der Waals surface area contributed by atoms with Crippen LogP contribution < -0.4 is 0 Å². The van der Waals surface area contributed by atoms with Crippen molar-refractivity contribution in [3.63, 3.8) is 0 Å². The van der Waals surface area contributed by atoms with Crippen LogP contribution in [0.5, 0.6) is 0 Å². The van der Waals surface area contributed by atoms with E-state index in [9.17, 15) is 0 Å². The van der Waals surface area contributed by atoms with Crippen molar-refractivity contribution in [3.8, 4) is 0 Å². The van der Waals surface area contributed by atoms with Crippen molar-refractivity contribution < 1.29 is 22.8 Å². The summed E-state index contributed by atoms with van der Waals surface area (Å²) in [6.07, 6.45) is 10.8. The van der Waals surface area contributed by atoms with Crippen LogP contribution in [-0.4, -0.2) is 3.21 Å². The van der Waals surface area contributed by atoms with E-state index in [-0.39, 0.29) is 30.2 Å². The van der Waals surface area contributed by atoms with E-state index >= 15 is 0 Å². The Morgan fingerprint density at radius 1 is 0.758 bits per heavy atom. The zero-order chi connectivity index (χ0) is 21.3. The maximum atomic E-state index is 2.48. The van der Waals surface area contributed by atoms with Gasteiger partial charge in [0.1, 0.15) is 0 Å². The Morgan fingerprint density at radius 3 is 1.94 bits per heavy atom. The van der Waals surface area contributed by atoms with Crippen molar-refractivity contribution in [2.75, 3.05) is 0 Å². The summed E-state index contributed by atoms with van der Waals surface area (Å²) < 4.78 is 3.29. The first-order chi connectivity index (χ1) is 15.2. The molecule has 0 heterocycles. The fourth-order valence-corrected chi connectivity index (χ4v) is 8.92. The molecular weight excluding hydrogens is 522 g/mol. The molecule has 2 aliphatic carbocycles. The van der Waals surface area contributed by atoms with Gasteiger partial charge in [0.15, 0.2) is 0 Å². The van der Waals surface area contributed by atoms with Crippen molar-refractivity contribution in [2.24, 2.45) is 5.92 Å². The van der Waals surface area contributed by atoms with Crippen LogP contribution in [0.15, 0.2) is 112 Å². The fraction of sp³-hybridized carbons (Fsp3) is 0.167. The van der Waals surface area contributed by atoms with Gasteiger partial charge < -0.3 is 0 Å². The zero-order valence-electron chi connectivity index (χ0n) is 19.0. The Labute approximate surface area is 221 Å². The molecule has 3 aromatic rings. The van der Waals surface area contributed by atoms with Crippen LogP contribution in [0.4, 0.5) is 0 Å². The third kappa shape index (κ3) is 4.74. The monoisotopic (exact) mass is 549 g/mol. The normalized spacial score (nSPS) is 17.9. The first kappa shape index (κ1) is 25.8. The molecule has 3 heteroatoms. The van der Waals surface area contributed by atoms with Crippen molar-refractivity contribution in [2.45, 2.75) is 25.7 Å². The Balaban J connectivity index is 0.00000153. The predicted molar refractivity (Wildman–Crippen MR) is 143 cm³/mol. The molecule has 1 atom stereocenters. The molecule has 0 aromatic heterocycles. The minimum Gasteiger partial charge on any atom is -0.147 e. The number of halogens is 2. The molecule has 1 unspecified atom stereocenters. The summed E-state index contributed by atoms with van der Waals surface area (Å²) in [5.74, 6) is 0.511. The fourth-order valence-electron chi connectivity index (χ4n) is 5.06. The number of fused-ring (bicyclic) bond motifs is 1. The summed E-state index contributed by atoms with van der Waals surface area (Å²) in [6, 6.07) is 31.0. The molecule has 0 saturated heterocycles. The number of rotatable bonds is 5. The van der Waals surface area contributed by atoms with E-state index in [1.807, 2.05) is 0 Å². The Morgan fingerprint density at radius 2 is 1.33 bits per heavy atom. The maximum Gasteiger partial charge on any atom is -0.147 e. The average Bonchev–Trinajstić information content (AvgIpc) is 3.44. The van der Waals surface area contributed by atoms with Crippen LogP contribution in [0.25, 0.3) is 6.08 Å². The van der Waals surface area contributed by atoms with E-state index in [1.165, 1.54) is 22.3 Å². The van der Waals surface area contributed by atoms with Crippen LogP contribution in [0, 0.1) is 5.92 Å². The van der Waals surface area contributed by atoms with Crippen molar-refractivity contribution >= 4 is 34.1 Å². The number of allylic oxidation sites excluding steroid dienone is 5. The van der Waals surface area contributed by atoms with Crippen LogP contribution >= 0.6 is 24.8 Å². The predicted octanol–water partition coefficient (Wildman–Crippen LogP) is 8.02. The van der Waals surface area contributed by atoms with Crippen molar-refractivity contribution in [1.29, 1.82) is 0 Å². The van der Waals surface area contributed by atoms with Crippen LogP contribution in [-0.2, 0) is 28.2 Å². The number of hydrogen-bond acceptors (Lipinski definition) is 0. The van der Waals surface area contributed by atoms with Gasteiger partial charge in [-0.3, -0.25) is 0 Å². The standard InChI is InChI=1S/C17H17.C13H10.2ClH.Zr/c1-13(2)17(15-8-4-5-9-15)12-11-14-7-3-6-10-16(14)17;1-3-7-12(8-4-1)11-13-9-5-2-6-10-13;;;/h3-4,6-8,10-13H,5H2,1-2H3;1-10H;2*1H;. The van der Waals surface area contributed by atoms with E-state index in [4.69, 9.17) is 0 Å². The van der Waals surface area contributed by atoms with Gasteiger partial charge in [-0.1, -0.05) is 0 Å². The number of hydrogen-bond donors (Lipinski definition) is 0. The molecule has 0 fully saturated rings. The molecule has 0 saturated carbocycles. The molecule has 167 valence electrons. The molecule has 0 spiro atoms. The molecule has 33 heavy (non-hydrogen) atoms. The van der Waals surface area contributed by atoms with E-state index in [0.29, 0.717) is 5.92 Å². The first-order valence-electron chi connectivity index (χ1n) is 11.1. The number of benzene rings is 3. The molecule has 5 rings (SSSR count).